The van der Waals surface area contributed by atoms with E-state index in [0.717, 1.165) is 30.0 Å². The molecule has 2 aromatic heterocycles. The van der Waals surface area contributed by atoms with Gasteiger partial charge in [-0.3, -0.25) is 4.98 Å². The standard InChI is InChI=1S/C15H16N4O2/c1-2-21-15(20)13-10-4-3-9-7-11(9)14(10)19(18-13)12-8-16-5-6-17-12/h5-6,8-9,11H,2-4,7H2,1H3/t9-,11-/m0/s1. The Labute approximate surface area is 122 Å². The number of nitrogens with zero attached hydrogens (tertiary/aromatic N) is 4. The average Bonchev–Trinajstić information content (AvgIpc) is 3.20. The Hall–Kier alpha value is -2.24. The molecular formula is C15H16N4O2. The van der Waals surface area contributed by atoms with Crippen LogP contribution in [0.2, 0.25) is 0 Å². The van der Waals surface area contributed by atoms with Crippen molar-refractivity contribution in [1.82, 2.24) is 19.7 Å². The molecule has 2 aliphatic rings. The number of aromatic nitrogens is 4. The molecule has 2 atom stereocenters. The maximum atomic E-state index is 12.1. The van der Waals surface area contributed by atoms with Gasteiger partial charge in [-0.25, -0.2) is 14.5 Å². The molecular weight excluding hydrogens is 268 g/mol. The molecule has 4 rings (SSSR count). The van der Waals surface area contributed by atoms with Gasteiger partial charge in [-0.1, -0.05) is 0 Å². The third-order valence-electron chi connectivity index (χ3n) is 4.30. The molecule has 0 aromatic carbocycles. The van der Waals surface area contributed by atoms with Crippen molar-refractivity contribution in [1.29, 1.82) is 0 Å². The largest absolute Gasteiger partial charge is 0.461 e. The van der Waals surface area contributed by atoms with E-state index in [9.17, 15) is 4.79 Å². The molecule has 0 unspecified atom stereocenters. The summed E-state index contributed by atoms with van der Waals surface area (Å²) < 4.78 is 6.93. The molecule has 6 heteroatoms. The van der Waals surface area contributed by atoms with Crippen LogP contribution in [0.4, 0.5) is 0 Å². The molecule has 6 nitrogen and oxygen atoms in total. The second kappa shape index (κ2) is 4.65. The second-order valence-electron chi connectivity index (χ2n) is 5.55. The van der Waals surface area contributed by atoms with Crippen LogP contribution in [0.5, 0.6) is 0 Å². The first-order chi connectivity index (χ1) is 10.3. The van der Waals surface area contributed by atoms with Gasteiger partial charge >= 0.3 is 5.97 Å². The van der Waals surface area contributed by atoms with Crippen molar-refractivity contribution in [3.8, 4) is 5.82 Å². The highest BCUT2D eigenvalue weighted by atomic mass is 16.5. The molecule has 1 fully saturated rings. The average molecular weight is 284 g/mol. The van der Waals surface area contributed by atoms with Gasteiger partial charge in [-0.15, -0.1) is 0 Å². The summed E-state index contributed by atoms with van der Waals surface area (Å²) in [6, 6.07) is 0. The number of carbonyl (C=O) groups is 1. The van der Waals surface area contributed by atoms with Crippen LogP contribution >= 0.6 is 0 Å². The number of esters is 1. The van der Waals surface area contributed by atoms with Crippen LogP contribution in [-0.2, 0) is 11.2 Å². The first-order valence-corrected chi connectivity index (χ1v) is 7.35. The van der Waals surface area contributed by atoms with E-state index in [4.69, 9.17) is 4.74 Å². The van der Waals surface area contributed by atoms with Crippen molar-refractivity contribution >= 4 is 5.97 Å². The lowest BCUT2D eigenvalue weighted by molar-refractivity contribution is 0.0517. The van der Waals surface area contributed by atoms with Crippen LogP contribution in [-0.4, -0.2) is 32.3 Å². The molecule has 1 saturated carbocycles. The molecule has 0 N–H and O–H groups in total. The molecule has 0 bridgehead atoms. The Kier molecular flexibility index (Phi) is 2.77. The zero-order valence-corrected chi connectivity index (χ0v) is 11.8. The minimum atomic E-state index is -0.338. The van der Waals surface area contributed by atoms with Gasteiger partial charge in [0.25, 0.3) is 0 Å². The minimum absolute atomic E-state index is 0.338. The molecule has 0 amide bonds. The number of ether oxygens (including phenoxy) is 1. The van der Waals surface area contributed by atoms with Crippen molar-refractivity contribution in [2.45, 2.75) is 32.1 Å². The van der Waals surface area contributed by atoms with Crippen LogP contribution in [0.3, 0.4) is 0 Å². The number of hydrogen-bond donors (Lipinski definition) is 0. The number of carbonyl (C=O) groups excluding carboxylic acids is 1. The van der Waals surface area contributed by atoms with Crippen LogP contribution in [0.1, 0.15) is 47.4 Å². The molecule has 0 aliphatic heterocycles. The zero-order valence-electron chi connectivity index (χ0n) is 11.8. The lowest BCUT2D eigenvalue weighted by Crippen LogP contribution is -2.10. The van der Waals surface area contributed by atoms with Crippen LogP contribution in [0.15, 0.2) is 18.6 Å². The number of rotatable bonds is 3. The van der Waals surface area contributed by atoms with Gasteiger partial charge in [0.2, 0.25) is 0 Å². The van der Waals surface area contributed by atoms with Crippen molar-refractivity contribution in [2.24, 2.45) is 5.92 Å². The highest BCUT2D eigenvalue weighted by Crippen LogP contribution is 2.55. The summed E-state index contributed by atoms with van der Waals surface area (Å²) in [5.74, 6) is 1.57. The van der Waals surface area contributed by atoms with Crippen molar-refractivity contribution < 1.29 is 9.53 Å². The molecule has 108 valence electrons. The summed E-state index contributed by atoms with van der Waals surface area (Å²) in [6.07, 6.45) is 8.16. The van der Waals surface area contributed by atoms with E-state index >= 15 is 0 Å². The lowest BCUT2D eigenvalue weighted by Gasteiger charge is -2.12. The number of hydrogen-bond acceptors (Lipinski definition) is 5. The normalized spacial score (nSPS) is 22.3. The summed E-state index contributed by atoms with van der Waals surface area (Å²) in [4.78, 5) is 20.6. The van der Waals surface area contributed by atoms with Crippen molar-refractivity contribution in [2.75, 3.05) is 6.61 Å². The molecule has 2 heterocycles. The predicted molar refractivity (Wildman–Crippen MR) is 74.3 cm³/mol. The highest BCUT2D eigenvalue weighted by Gasteiger charge is 2.47. The Bertz CT molecular complexity index is 695. The minimum Gasteiger partial charge on any atom is -0.461 e. The van der Waals surface area contributed by atoms with Crippen molar-refractivity contribution in [3.05, 3.63) is 35.5 Å². The van der Waals surface area contributed by atoms with E-state index < -0.39 is 0 Å². The first kappa shape index (κ1) is 12.5. The summed E-state index contributed by atoms with van der Waals surface area (Å²) in [5.41, 5.74) is 2.62. The van der Waals surface area contributed by atoms with Crippen LogP contribution in [0, 0.1) is 5.92 Å². The summed E-state index contributed by atoms with van der Waals surface area (Å²) in [5, 5.41) is 4.50. The van der Waals surface area contributed by atoms with Gasteiger partial charge in [0.05, 0.1) is 18.5 Å². The first-order valence-electron chi connectivity index (χ1n) is 7.35. The molecule has 0 radical (unpaired) electrons. The van der Waals surface area contributed by atoms with Gasteiger partial charge in [-0.05, 0) is 32.1 Å². The predicted octanol–water partition coefficient (Wildman–Crippen LogP) is 1.89. The van der Waals surface area contributed by atoms with E-state index in [2.05, 4.69) is 15.1 Å². The Morgan fingerprint density at radius 2 is 2.38 bits per heavy atom. The third-order valence-corrected chi connectivity index (χ3v) is 4.30. The van der Waals surface area contributed by atoms with Crippen LogP contribution < -0.4 is 0 Å². The quantitative estimate of drug-likeness (QED) is 0.805. The molecule has 21 heavy (non-hydrogen) atoms. The molecule has 2 aliphatic carbocycles. The van der Waals surface area contributed by atoms with E-state index in [1.807, 2.05) is 0 Å². The fourth-order valence-electron chi connectivity index (χ4n) is 3.26. The fraction of sp³-hybridized carbons (Fsp3) is 0.467. The maximum Gasteiger partial charge on any atom is 0.359 e. The maximum absolute atomic E-state index is 12.1. The topological polar surface area (TPSA) is 69.9 Å². The van der Waals surface area contributed by atoms with Gasteiger partial charge in [0.15, 0.2) is 11.5 Å². The van der Waals surface area contributed by atoms with E-state index in [1.54, 1.807) is 30.2 Å². The van der Waals surface area contributed by atoms with Gasteiger partial charge < -0.3 is 4.74 Å². The summed E-state index contributed by atoms with van der Waals surface area (Å²) >= 11 is 0. The van der Waals surface area contributed by atoms with Gasteiger partial charge in [-0.2, -0.15) is 5.10 Å². The molecule has 0 saturated heterocycles. The Balaban J connectivity index is 1.86. The molecule has 0 spiro atoms. The monoisotopic (exact) mass is 284 g/mol. The second-order valence-corrected chi connectivity index (χ2v) is 5.55. The number of fused-ring (bicyclic) bond motifs is 3. The van der Waals surface area contributed by atoms with Crippen molar-refractivity contribution in [3.63, 3.8) is 0 Å². The summed E-state index contributed by atoms with van der Waals surface area (Å²) in [6.45, 7) is 2.17. The van der Waals surface area contributed by atoms with Crippen LogP contribution in [0.25, 0.3) is 5.82 Å². The fourth-order valence-corrected chi connectivity index (χ4v) is 3.26. The lowest BCUT2D eigenvalue weighted by atomic mass is 9.95. The Morgan fingerprint density at radius 1 is 1.48 bits per heavy atom. The summed E-state index contributed by atoms with van der Waals surface area (Å²) in [7, 11) is 0. The van der Waals surface area contributed by atoms with E-state index in [1.165, 1.54) is 6.42 Å². The van der Waals surface area contributed by atoms with Gasteiger partial charge in [0.1, 0.15) is 0 Å². The molecule has 2 aromatic rings. The zero-order chi connectivity index (χ0) is 14.4. The Morgan fingerprint density at radius 3 is 3.14 bits per heavy atom. The third kappa shape index (κ3) is 1.93. The van der Waals surface area contributed by atoms with E-state index in [0.29, 0.717) is 24.0 Å². The SMILES string of the molecule is CCOC(=O)c1nn(-c2cnccn2)c2c1CC[C@H]1C[C@H]21. The van der Waals surface area contributed by atoms with Gasteiger partial charge in [0, 0.05) is 23.9 Å². The smallest absolute Gasteiger partial charge is 0.359 e. The highest BCUT2D eigenvalue weighted by molar-refractivity contribution is 5.89. The van der Waals surface area contributed by atoms with E-state index in [-0.39, 0.29) is 5.97 Å².